The Balaban J connectivity index is 1.38. The van der Waals surface area contributed by atoms with Crippen LogP contribution in [0.2, 0.25) is 0 Å². The van der Waals surface area contributed by atoms with Gasteiger partial charge in [0, 0.05) is 0 Å². The first-order valence-electron chi connectivity index (χ1n) is 10.9. The van der Waals surface area contributed by atoms with Crippen LogP contribution >= 0.6 is 0 Å². The molecule has 0 saturated heterocycles. The summed E-state index contributed by atoms with van der Waals surface area (Å²) in [6.07, 6.45) is 9.19. The van der Waals surface area contributed by atoms with Gasteiger partial charge in [0.05, 0.1) is 5.92 Å². The zero-order chi connectivity index (χ0) is 21.5. The number of hydrogen-bond donors (Lipinski definition) is 0. The van der Waals surface area contributed by atoms with E-state index in [1.165, 1.54) is 18.2 Å². The van der Waals surface area contributed by atoms with Gasteiger partial charge < -0.3 is 4.74 Å². The molecule has 2 aliphatic carbocycles. The molecule has 0 atom stereocenters. The van der Waals surface area contributed by atoms with E-state index < -0.39 is 17.5 Å². The van der Waals surface area contributed by atoms with Crippen molar-refractivity contribution >= 4 is 5.97 Å². The maximum absolute atomic E-state index is 13.5. The predicted molar refractivity (Wildman–Crippen MR) is 107 cm³/mol. The first kappa shape index (κ1) is 22.4. The Morgan fingerprint density at radius 3 is 2.40 bits per heavy atom. The summed E-state index contributed by atoms with van der Waals surface area (Å²) in [6.45, 7) is 0. The van der Waals surface area contributed by atoms with Gasteiger partial charge in [0.2, 0.25) is 0 Å². The molecule has 1 aromatic rings. The number of ether oxygens (including phenoxy) is 1. The standard InChI is InChI=1S/C24H28F3NO2/c25-20(15-28)3-1-2-16-4-11-21(12-5-16)30-24(29)18-8-6-17(7-9-18)19-10-13-22(26)23(27)14-19/h3,10,13-14,16-18,21H,1-2,4-9,11-12H2. The number of carbonyl (C=O) groups is 1. The summed E-state index contributed by atoms with van der Waals surface area (Å²) < 4.78 is 45.2. The molecule has 0 heterocycles. The van der Waals surface area contributed by atoms with Gasteiger partial charge in [-0.05, 0) is 99.8 Å². The van der Waals surface area contributed by atoms with Crippen molar-refractivity contribution in [1.82, 2.24) is 0 Å². The minimum atomic E-state index is -0.837. The molecule has 30 heavy (non-hydrogen) atoms. The molecule has 3 nitrogen and oxygen atoms in total. The Labute approximate surface area is 175 Å². The highest BCUT2D eigenvalue weighted by Crippen LogP contribution is 2.37. The lowest BCUT2D eigenvalue weighted by atomic mass is 9.78. The largest absolute Gasteiger partial charge is 0.462 e. The molecule has 2 aliphatic rings. The topological polar surface area (TPSA) is 50.1 Å². The maximum Gasteiger partial charge on any atom is 0.309 e. The molecule has 0 amide bonds. The van der Waals surface area contributed by atoms with Crippen molar-refractivity contribution in [1.29, 1.82) is 5.26 Å². The van der Waals surface area contributed by atoms with Crippen LogP contribution in [0, 0.1) is 34.8 Å². The Morgan fingerprint density at radius 2 is 1.77 bits per heavy atom. The number of hydrogen-bond acceptors (Lipinski definition) is 3. The van der Waals surface area contributed by atoms with Gasteiger partial charge in [-0.15, -0.1) is 0 Å². The second kappa shape index (κ2) is 10.7. The second-order valence-corrected chi connectivity index (χ2v) is 8.54. The second-order valence-electron chi connectivity index (χ2n) is 8.54. The van der Waals surface area contributed by atoms with Gasteiger partial charge >= 0.3 is 5.97 Å². The van der Waals surface area contributed by atoms with Crippen molar-refractivity contribution in [3.05, 3.63) is 47.3 Å². The summed E-state index contributed by atoms with van der Waals surface area (Å²) in [7, 11) is 0. The van der Waals surface area contributed by atoms with Crippen LogP contribution < -0.4 is 0 Å². The van der Waals surface area contributed by atoms with Crippen molar-refractivity contribution in [3.63, 3.8) is 0 Å². The van der Waals surface area contributed by atoms with Gasteiger partial charge in [-0.25, -0.2) is 8.78 Å². The smallest absolute Gasteiger partial charge is 0.309 e. The van der Waals surface area contributed by atoms with Crippen molar-refractivity contribution in [2.24, 2.45) is 11.8 Å². The van der Waals surface area contributed by atoms with E-state index in [0.717, 1.165) is 56.6 Å². The van der Waals surface area contributed by atoms with Crippen molar-refractivity contribution in [2.45, 2.75) is 76.2 Å². The third-order valence-electron chi connectivity index (χ3n) is 6.56. The lowest BCUT2D eigenvalue weighted by molar-refractivity contribution is -0.157. The minimum absolute atomic E-state index is 0.0518. The third-order valence-corrected chi connectivity index (χ3v) is 6.56. The Bertz CT molecular complexity index is 801. The molecule has 0 bridgehead atoms. The Hall–Kier alpha value is -2.29. The average Bonchev–Trinajstić information content (AvgIpc) is 2.76. The summed E-state index contributed by atoms with van der Waals surface area (Å²) in [5.74, 6) is -2.01. The van der Waals surface area contributed by atoms with E-state index in [-0.39, 0.29) is 23.9 Å². The molecule has 2 saturated carbocycles. The number of rotatable bonds is 6. The fourth-order valence-corrected chi connectivity index (χ4v) is 4.72. The molecule has 0 unspecified atom stereocenters. The van der Waals surface area contributed by atoms with E-state index in [9.17, 15) is 18.0 Å². The molecule has 162 valence electrons. The monoisotopic (exact) mass is 419 g/mol. The van der Waals surface area contributed by atoms with E-state index >= 15 is 0 Å². The van der Waals surface area contributed by atoms with Gasteiger partial charge in [0.1, 0.15) is 12.2 Å². The zero-order valence-electron chi connectivity index (χ0n) is 17.1. The van der Waals surface area contributed by atoms with Gasteiger partial charge in [-0.1, -0.05) is 6.07 Å². The number of halogens is 3. The molecule has 0 radical (unpaired) electrons. The molecule has 0 aliphatic heterocycles. The van der Waals surface area contributed by atoms with Gasteiger partial charge in [0.25, 0.3) is 0 Å². The van der Waals surface area contributed by atoms with Crippen LogP contribution in [0.4, 0.5) is 13.2 Å². The number of esters is 1. The molecule has 0 aromatic heterocycles. The number of allylic oxidation sites excluding steroid dienone is 2. The molecule has 0 spiro atoms. The summed E-state index contributed by atoms with van der Waals surface area (Å²) >= 11 is 0. The average molecular weight is 419 g/mol. The zero-order valence-corrected chi connectivity index (χ0v) is 17.1. The lowest BCUT2D eigenvalue weighted by Crippen LogP contribution is -2.30. The predicted octanol–water partition coefficient (Wildman–Crippen LogP) is 6.50. The first-order valence-corrected chi connectivity index (χ1v) is 10.9. The number of nitrogens with zero attached hydrogens (tertiary/aromatic N) is 1. The number of nitriles is 1. The quantitative estimate of drug-likeness (QED) is 0.391. The molecule has 6 heteroatoms. The molecular formula is C24H28F3NO2. The first-order chi connectivity index (χ1) is 14.5. The molecule has 3 rings (SSSR count). The lowest BCUT2D eigenvalue weighted by Gasteiger charge is -2.31. The van der Waals surface area contributed by atoms with E-state index in [1.54, 1.807) is 6.07 Å². The van der Waals surface area contributed by atoms with Crippen LogP contribution in [0.1, 0.15) is 75.7 Å². The summed E-state index contributed by atoms with van der Waals surface area (Å²) in [4.78, 5) is 12.6. The number of benzene rings is 1. The fourth-order valence-electron chi connectivity index (χ4n) is 4.72. The van der Waals surface area contributed by atoms with Gasteiger partial charge in [0.15, 0.2) is 17.5 Å². The minimum Gasteiger partial charge on any atom is -0.462 e. The van der Waals surface area contributed by atoms with E-state index in [0.29, 0.717) is 25.2 Å². The normalized spacial score (nSPS) is 27.3. The summed E-state index contributed by atoms with van der Waals surface area (Å²) in [5, 5.41) is 8.42. The van der Waals surface area contributed by atoms with Crippen LogP contribution in [-0.2, 0) is 9.53 Å². The maximum atomic E-state index is 13.5. The van der Waals surface area contributed by atoms with Crippen LogP contribution in [0.25, 0.3) is 0 Å². The van der Waals surface area contributed by atoms with Crippen LogP contribution in [0.15, 0.2) is 30.1 Å². The van der Waals surface area contributed by atoms with Gasteiger partial charge in [-0.3, -0.25) is 4.79 Å². The van der Waals surface area contributed by atoms with Crippen LogP contribution in [-0.4, -0.2) is 12.1 Å². The van der Waals surface area contributed by atoms with E-state index in [4.69, 9.17) is 10.00 Å². The van der Waals surface area contributed by atoms with Gasteiger partial charge in [-0.2, -0.15) is 9.65 Å². The van der Waals surface area contributed by atoms with E-state index in [1.807, 2.05) is 0 Å². The SMILES string of the molecule is N#CC(F)=CCCC1CCC(OC(=O)C2CCC(c3ccc(F)c(F)c3)CC2)CC1. The summed E-state index contributed by atoms with van der Waals surface area (Å²) in [6, 6.07) is 5.54. The number of carbonyl (C=O) groups excluding carboxylic acids is 1. The fraction of sp³-hybridized carbons (Fsp3) is 0.583. The summed E-state index contributed by atoms with van der Waals surface area (Å²) in [5.41, 5.74) is 0.795. The molecule has 1 aromatic carbocycles. The third kappa shape index (κ3) is 6.10. The highest BCUT2D eigenvalue weighted by molar-refractivity contribution is 5.72. The highest BCUT2D eigenvalue weighted by atomic mass is 19.2. The van der Waals surface area contributed by atoms with E-state index in [2.05, 4.69) is 0 Å². The Morgan fingerprint density at radius 1 is 1.07 bits per heavy atom. The van der Waals surface area contributed by atoms with Crippen molar-refractivity contribution < 1.29 is 22.7 Å². The molecule has 0 N–H and O–H groups in total. The van der Waals surface area contributed by atoms with Crippen LogP contribution in [0.3, 0.4) is 0 Å². The van der Waals surface area contributed by atoms with Crippen molar-refractivity contribution in [2.75, 3.05) is 0 Å². The Kier molecular flexibility index (Phi) is 7.95. The molecular weight excluding hydrogens is 391 g/mol. The highest BCUT2D eigenvalue weighted by Gasteiger charge is 2.31. The van der Waals surface area contributed by atoms with Crippen molar-refractivity contribution in [3.8, 4) is 6.07 Å². The van der Waals surface area contributed by atoms with Crippen LogP contribution in [0.5, 0.6) is 0 Å². The molecule has 2 fully saturated rings.